The molecule has 0 radical (unpaired) electrons. The molecule has 1 amide bonds. The smallest absolute Gasteiger partial charge is 0.243 e. The van der Waals surface area contributed by atoms with Crippen molar-refractivity contribution in [2.24, 2.45) is 5.41 Å². The number of fused-ring (bicyclic) bond motifs is 2. The van der Waals surface area contributed by atoms with Crippen molar-refractivity contribution in [1.82, 2.24) is 24.4 Å². The Hall–Kier alpha value is -3.79. The van der Waals surface area contributed by atoms with Gasteiger partial charge in [0.05, 0.1) is 23.7 Å². The maximum atomic E-state index is 14.3. The Balaban J connectivity index is 1.32. The predicted molar refractivity (Wildman–Crippen MR) is 160 cm³/mol. The van der Waals surface area contributed by atoms with Crippen LogP contribution in [0.25, 0.3) is 22.0 Å². The third-order valence-corrected chi connectivity index (χ3v) is 9.28. The zero-order valence-corrected chi connectivity index (χ0v) is 25.7. The van der Waals surface area contributed by atoms with Crippen molar-refractivity contribution in [2.45, 2.75) is 72.5 Å². The summed E-state index contributed by atoms with van der Waals surface area (Å²) in [5.74, 6) is -0.176. The number of hydrogen-bond donors (Lipinski definition) is 0. The Labute approximate surface area is 251 Å². The summed E-state index contributed by atoms with van der Waals surface area (Å²) in [6.45, 7) is 9.01. The summed E-state index contributed by atoms with van der Waals surface area (Å²) in [4.78, 5) is 54.9. The Bertz CT molecular complexity index is 1800. The molecule has 0 unspecified atom stereocenters. The first-order valence-corrected chi connectivity index (χ1v) is 14.7. The molecule has 1 saturated carbocycles. The van der Waals surface area contributed by atoms with Gasteiger partial charge in [0.15, 0.2) is 11.6 Å². The molecule has 1 aliphatic carbocycles. The molecule has 1 aliphatic heterocycles. The molecule has 4 heterocycles. The number of pyridine rings is 1. The summed E-state index contributed by atoms with van der Waals surface area (Å²) in [5, 5.41) is 0.759. The van der Waals surface area contributed by atoms with Crippen LogP contribution in [0.1, 0.15) is 59.7 Å². The van der Waals surface area contributed by atoms with Gasteiger partial charge in [-0.05, 0) is 85.1 Å². The fourth-order valence-electron chi connectivity index (χ4n) is 6.46. The molecule has 3 atom stereocenters. The molecule has 0 bridgehead atoms. The molecule has 1 aromatic carbocycles. The lowest BCUT2D eigenvalue weighted by atomic mass is 9.96. The van der Waals surface area contributed by atoms with Crippen LogP contribution in [0.3, 0.4) is 0 Å². The number of aryl methyl sites for hydroxylation is 2. The van der Waals surface area contributed by atoms with E-state index in [2.05, 4.69) is 37.8 Å². The molecule has 0 N–H and O–H groups in total. The van der Waals surface area contributed by atoms with Crippen LogP contribution in [-0.4, -0.2) is 54.0 Å². The molecule has 2 fully saturated rings. The molecule has 6 rings (SSSR count). The molecule has 10 heteroatoms. The third kappa shape index (κ3) is 4.85. The van der Waals surface area contributed by atoms with Crippen LogP contribution in [-0.2, 0) is 22.6 Å². The topological polar surface area (TPSA) is 98.1 Å². The fraction of sp³-hybridized carbons (Fsp3) is 0.375. The zero-order chi connectivity index (χ0) is 30.1. The Kier molecular flexibility index (Phi) is 6.87. The van der Waals surface area contributed by atoms with Crippen LogP contribution in [0.5, 0.6) is 0 Å². The summed E-state index contributed by atoms with van der Waals surface area (Å²) < 4.78 is 16.5. The van der Waals surface area contributed by atoms with Gasteiger partial charge in [0, 0.05) is 52.8 Å². The van der Waals surface area contributed by atoms with Crippen molar-refractivity contribution in [1.29, 1.82) is 0 Å². The standard InChI is InChI=1S/C32H31BrFN5O3/c1-16-6-20(21-12-35-19(4)36-13-21)7-22-23(18(3)40)14-38(31(16)22)15-30(42)39-26(10-32(5)11-28(32)39)27(41)9-25-17(2)24(34)8-29(33)37-25/h6-8,12-14,26,28H,9-11,15H2,1-5H3/t26-,28+,32-/m0/s1. The van der Waals surface area contributed by atoms with Gasteiger partial charge in [0.25, 0.3) is 0 Å². The highest BCUT2D eigenvalue weighted by atomic mass is 79.9. The second kappa shape index (κ2) is 10.2. The van der Waals surface area contributed by atoms with E-state index in [4.69, 9.17) is 0 Å². The second-order valence-corrected chi connectivity index (χ2v) is 12.8. The molecule has 4 aromatic rings. The Morgan fingerprint density at radius 1 is 1.07 bits per heavy atom. The van der Waals surface area contributed by atoms with E-state index in [1.54, 1.807) is 30.4 Å². The summed E-state index contributed by atoms with van der Waals surface area (Å²) in [5.41, 5.74) is 4.57. The molecule has 0 spiro atoms. The summed E-state index contributed by atoms with van der Waals surface area (Å²) in [7, 11) is 0. The predicted octanol–water partition coefficient (Wildman–Crippen LogP) is 5.71. The number of rotatable bonds is 7. The first-order valence-electron chi connectivity index (χ1n) is 13.9. The Morgan fingerprint density at radius 3 is 2.48 bits per heavy atom. The first-order chi connectivity index (χ1) is 19.9. The van der Waals surface area contributed by atoms with E-state index in [0.717, 1.165) is 34.0 Å². The highest BCUT2D eigenvalue weighted by molar-refractivity contribution is 9.10. The van der Waals surface area contributed by atoms with Gasteiger partial charge in [-0.3, -0.25) is 14.4 Å². The summed E-state index contributed by atoms with van der Waals surface area (Å²) >= 11 is 3.22. The molecule has 42 heavy (non-hydrogen) atoms. The average molecular weight is 633 g/mol. The summed E-state index contributed by atoms with van der Waals surface area (Å²) in [6, 6.07) is 4.61. The molecule has 8 nitrogen and oxygen atoms in total. The van der Waals surface area contributed by atoms with Gasteiger partial charge in [0.1, 0.15) is 22.8 Å². The first kappa shape index (κ1) is 28.3. The van der Waals surface area contributed by atoms with Crippen LogP contribution in [0, 0.1) is 32.0 Å². The number of ketones is 2. The lowest BCUT2D eigenvalue weighted by Gasteiger charge is -2.27. The van der Waals surface area contributed by atoms with Crippen LogP contribution in [0.15, 0.2) is 41.4 Å². The fourth-order valence-corrected chi connectivity index (χ4v) is 6.87. The maximum absolute atomic E-state index is 14.3. The number of carbonyl (C=O) groups is 3. The van der Waals surface area contributed by atoms with Gasteiger partial charge in [-0.1, -0.05) is 6.92 Å². The minimum Gasteiger partial charge on any atom is -0.337 e. The molecule has 1 saturated heterocycles. The van der Waals surface area contributed by atoms with Crippen LogP contribution in [0.4, 0.5) is 4.39 Å². The van der Waals surface area contributed by atoms with Crippen LogP contribution >= 0.6 is 15.9 Å². The van der Waals surface area contributed by atoms with Crippen molar-refractivity contribution >= 4 is 44.3 Å². The number of halogens is 2. The van der Waals surface area contributed by atoms with E-state index in [1.807, 2.05) is 30.5 Å². The van der Waals surface area contributed by atoms with Crippen molar-refractivity contribution in [3.05, 3.63) is 75.4 Å². The van der Waals surface area contributed by atoms with Gasteiger partial charge in [-0.15, -0.1) is 0 Å². The molecule has 2 aliphatic rings. The van der Waals surface area contributed by atoms with E-state index < -0.39 is 11.9 Å². The number of piperidine rings is 1. The molecule has 3 aromatic heterocycles. The minimum absolute atomic E-state index is 0.00321. The maximum Gasteiger partial charge on any atom is 0.243 e. The van der Waals surface area contributed by atoms with Gasteiger partial charge in [-0.25, -0.2) is 19.3 Å². The van der Waals surface area contributed by atoms with Crippen LogP contribution in [0.2, 0.25) is 0 Å². The quantitative estimate of drug-likeness (QED) is 0.191. The molecule has 216 valence electrons. The van der Waals surface area contributed by atoms with E-state index in [-0.39, 0.29) is 41.9 Å². The van der Waals surface area contributed by atoms with Crippen molar-refractivity contribution < 1.29 is 18.8 Å². The Morgan fingerprint density at radius 2 is 1.79 bits per heavy atom. The minimum atomic E-state index is -0.604. The monoisotopic (exact) mass is 631 g/mol. The number of nitrogens with zero attached hydrogens (tertiary/aromatic N) is 5. The second-order valence-electron chi connectivity index (χ2n) is 12.0. The summed E-state index contributed by atoms with van der Waals surface area (Å²) in [6.07, 6.45) is 6.62. The van der Waals surface area contributed by atoms with Gasteiger partial charge in [-0.2, -0.15) is 0 Å². The number of aromatic nitrogens is 4. The van der Waals surface area contributed by atoms with Gasteiger partial charge in [0.2, 0.25) is 5.91 Å². The third-order valence-electron chi connectivity index (χ3n) is 8.88. The van der Waals surface area contributed by atoms with Crippen molar-refractivity contribution in [2.75, 3.05) is 0 Å². The molecular weight excluding hydrogens is 601 g/mol. The van der Waals surface area contributed by atoms with E-state index in [9.17, 15) is 18.8 Å². The SMILES string of the molecule is CC(=O)c1cn(CC(=O)N2[C@H](C(=O)Cc3nc(Br)cc(F)c3C)C[C@@]3(C)C[C@@H]23)c2c(C)cc(-c3cnc(C)nc3)cc12. The van der Waals surface area contributed by atoms with Crippen LogP contribution < -0.4 is 0 Å². The highest BCUT2D eigenvalue weighted by Crippen LogP contribution is 2.59. The number of Topliss-reactive ketones (excluding diaryl/α,β-unsaturated/α-hetero) is 2. The van der Waals surface area contributed by atoms with Gasteiger partial charge >= 0.3 is 0 Å². The highest BCUT2D eigenvalue weighted by Gasteiger charge is 2.64. The largest absolute Gasteiger partial charge is 0.337 e. The normalized spacial score (nSPS) is 21.1. The van der Waals surface area contributed by atoms with E-state index >= 15 is 0 Å². The number of likely N-dealkylation sites (tertiary alicyclic amines) is 1. The van der Waals surface area contributed by atoms with Gasteiger partial charge < -0.3 is 9.47 Å². The van der Waals surface area contributed by atoms with Crippen molar-refractivity contribution in [3.8, 4) is 11.1 Å². The molecular formula is C32H31BrFN5O3. The lowest BCUT2D eigenvalue weighted by Crippen LogP contribution is -2.45. The van der Waals surface area contributed by atoms with Crippen molar-refractivity contribution in [3.63, 3.8) is 0 Å². The number of hydrogen-bond acceptors (Lipinski definition) is 6. The lowest BCUT2D eigenvalue weighted by molar-refractivity contribution is -0.139. The van der Waals surface area contributed by atoms with E-state index in [0.29, 0.717) is 33.7 Å². The number of benzene rings is 1. The number of carbonyl (C=O) groups excluding carboxylic acids is 3. The average Bonchev–Trinajstić information content (AvgIpc) is 3.28. The zero-order valence-electron chi connectivity index (χ0n) is 24.2. The van der Waals surface area contributed by atoms with E-state index in [1.165, 1.54) is 13.0 Å². The number of amides is 1.